The summed E-state index contributed by atoms with van der Waals surface area (Å²) >= 11 is 0. The Bertz CT molecular complexity index is 169. The summed E-state index contributed by atoms with van der Waals surface area (Å²) < 4.78 is 5.22. The lowest BCUT2D eigenvalue weighted by Gasteiger charge is -2.05. The smallest absolute Gasteiger partial charge is 0.155 e. The molecule has 0 aromatic heterocycles. The third-order valence-electron chi connectivity index (χ3n) is 1.98. The lowest BCUT2D eigenvalue weighted by molar-refractivity contribution is 0.409. The van der Waals surface area contributed by atoms with E-state index in [1.807, 2.05) is 6.08 Å². The summed E-state index contributed by atoms with van der Waals surface area (Å²) in [7, 11) is 0. The van der Waals surface area contributed by atoms with Gasteiger partial charge in [0.15, 0.2) is 6.10 Å². The van der Waals surface area contributed by atoms with Crippen LogP contribution in [-0.4, -0.2) is 6.10 Å². The Morgan fingerprint density at radius 1 is 1.67 bits per heavy atom. The molecule has 0 bridgehead atoms. The van der Waals surface area contributed by atoms with Gasteiger partial charge < -0.3 is 4.74 Å². The van der Waals surface area contributed by atoms with Crippen molar-refractivity contribution in [3.8, 4) is 0 Å². The summed E-state index contributed by atoms with van der Waals surface area (Å²) in [5.41, 5.74) is 0. The summed E-state index contributed by atoms with van der Waals surface area (Å²) in [5, 5.41) is 0. The van der Waals surface area contributed by atoms with E-state index in [-0.39, 0.29) is 0 Å². The standard InChI is InChI=1S/C8H10O/c1-2-6-3-4-7-8(5-6)9-7/h2,5-7H,1,3-4H2. The fourth-order valence-electron chi connectivity index (χ4n) is 1.30. The molecule has 0 spiro atoms. The molecule has 1 heterocycles. The predicted molar refractivity (Wildman–Crippen MR) is 35.9 cm³/mol. The van der Waals surface area contributed by atoms with E-state index in [4.69, 9.17) is 4.74 Å². The van der Waals surface area contributed by atoms with Crippen molar-refractivity contribution in [1.82, 2.24) is 0 Å². The molecule has 0 N–H and O–H groups in total. The molecule has 2 unspecified atom stereocenters. The van der Waals surface area contributed by atoms with Crippen molar-refractivity contribution in [2.45, 2.75) is 18.9 Å². The SMILES string of the molecule is C=CC1C=C2OC2CC1. The van der Waals surface area contributed by atoms with Crippen molar-refractivity contribution in [2.24, 2.45) is 5.92 Å². The zero-order chi connectivity index (χ0) is 6.27. The van der Waals surface area contributed by atoms with Gasteiger partial charge in [-0.3, -0.25) is 0 Å². The summed E-state index contributed by atoms with van der Waals surface area (Å²) in [5.74, 6) is 1.78. The minimum Gasteiger partial charge on any atom is -0.483 e. The lowest BCUT2D eigenvalue weighted by atomic mass is 9.96. The summed E-state index contributed by atoms with van der Waals surface area (Å²) in [6.07, 6.45) is 7.09. The maximum Gasteiger partial charge on any atom is 0.155 e. The maximum atomic E-state index is 5.22. The van der Waals surface area contributed by atoms with Gasteiger partial charge in [0, 0.05) is 0 Å². The van der Waals surface area contributed by atoms with Gasteiger partial charge in [0.2, 0.25) is 0 Å². The van der Waals surface area contributed by atoms with Gasteiger partial charge in [0.1, 0.15) is 5.76 Å². The van der Waals surface area contributed by atoms with E-state index in [9.17, 15) is 0 Å². The predicted octanol–water partition coefficient (Wildman–Crippen LogP) is 1.87. The first kappa shape index (κ1) is 5.10. The Morgan fingerprint density at radius 2 is 2.56 bits per heavy atom. The van der Waals surface area contributed by atoms with Crippen LogP contribution >= 0.6 is 0 Å². The minimum absolute atomic E-state index is 0.501. The first-order valence-corrected chi connectivity index (χ1v) is 3.41. The van der Waals surface area contributed by atoms with Crippen molar-refractivity contribution in [2.75, 3.05) is 0 Å². The first-order chi connectivity index (χ1) is 4.40. The second-order valence-corrected chi connectivity index (χ2v) is 2.65. The Hall–Kier alpha value is -0.720. The number of fused-ring (bicyclic) bond motifs is 1. The molecular weight excluding hydrogens is 112 g/mol. The number of allylic oxidation sites excluding steroid dienone is 2. The second kappa shape index (κ2) is 1.63. The Balaban J connectivity index is 2.13. The van der Waals surface area contributed by atoms with Crippen LogP contribution in [0.2, 0.25) is 0 Å². The quantitative estimate of drug-likeness (QED) is 0.382. The van der Waals surface area contributed by atoms with E-state index in [1.54, 1.807) is 0 Å². The fourth-order valence-corrected chi connectivity index (χ4v) is 1.30. The number of hydrogen-bond acceptors (Lipinski definition) is 1. The average molecular weight is 122 g/mol. The average Bonchev–Trinajstić information content (AvgIpc) is 2.64. The molecular formula is C8H10O. The Kier molecular flexibility index (Phi) is 0.922. The molecule has 1 nitrogen and oxygen atoms in total. The van der Waals surface area contributed by atoms with E-state index in [1.165, 1.54) is 18.6 Å². The van der Waals surface area contributed by atoms with Crippen molar-refractivity contribution >= 4 is 0 Å². The van der Waals surface area contributed by atoms with Crippen LogP contribution in [0, 0.1) is 5.92 Å². The van der Waals surface area contributed by atoms with Crippen LogP contribution in [0.1, 0.15) is 12.8 Å². The molecule has 48 valence electrons. The molecule has 0 amide bonds. The van der Waals surface area contributed by atoms with E-state index in [2.05, 4.69) is 12.7 Å². The highest BCUT2D eigenvalue weighted by atomic mass is 16.6. The number of hydrogen-bond donors (Lipinski definition) is 0. The molecule has 2 rings (SSSR count). The van der Waals surface area contributed by atoms with Gasteiger partial charge in [0.05, 0.1) is 0 Å². The summed E-state index contributed by atoms with van der Waals surface area (Å²) in [6, 6.07) is 0. The zero-order valence-electron chi connectivity index (χ0n) is 5.34. The largest absolute Gasteiger partial charge is 0.483 e. The molecule has 1 fully saturated rings. The van der Waals surface area contributed by atoms with Gasteiger partial charge in [0.25, 0.3) is 0 Å². The van der Waals surface area contributed by atoms with Gasteiger partial charge in [-0.05, 0) is 24.8 Å². The van der Waals surface area contributed by atoms with Crippen molar-refractivity contribution in [3.63, 3.8) is 0 Å². The molecule has 1 saturated heterocycles. The summed E-state index contributed by atoms with van der Waals surface area (Å²) in [4.78, 5) is 0. The van der Waals surface area contributed by atoms with Gasteiger partial charge in [-0.1, -0.05) is 6.08 Å². The Labute approximate surface area is 55.0 Å². The van der Waals surface area contributed by atoms with Crippen molar-refractivity contribution < 1.29 is 4.74 Å². The van der Waals surface area contributed by atoms with Crippen LogP contribution in [-0.2, 0) is 4.74 Å². The summed E-state index contributed by atoms with van der Waals surface area (Å²) in [6.45, 7) is 3.74. The van der Waals surface area contributed by atoms with Gasteiger partial charge in [-0.2, -0.15) is 0 Å². The van der Waals surface area contributed by atoms with E-state index >= 15 is 0 Å². The Morgan fingerprint density at radius 3 is 3.22 bits per heavy atom. The van der Waals surface area contributed by atoms with Crippen LogP contribution < -0.4 is 0 Å². The van der Waals surface area contributed by atoms with Gasteiger partial charge in [-0.15, -0.1) is 6.58 Å². The van der Waals surface area contributed by atoms with Crippen LogP contribution in [0.5, 0.6) is 0 Å². The lowest BCUT2D eigenvalue weighted by Crippen LogP contribution is -1.99. The third kappa shape index (κ3) is 0.766. The second-order valence-electron chi connectivity index (χ2n) is 2.65. The topological polar surface area (TPSA) is 12.5 Å². The molecule has 0 aromatic carbocycles. The highest BCUT2D eigenvalue weighted by Crippen LogP contribution is 2.38. The first-order valence-electron chi connectivity index (χ1n) is 3.41. The van der Waals surface area contributed by atoms with Crippen molar-refractivity contribution in [3.05, 3.63) is 24.5 Å². The van der Waals surface area contributed by atoms with Crippen molar-refractivity contribution in [1.29, 1.82) is 0 Å². The molecule has 0 saturated carbocycles. The maximum absolute atomic E-state index is 5.22. The monoisotopic (exact) mass is 122 g/mol. The molecule has 1 aliphatic carbocycles. The van der Waals surface area contributed by atoms with E-state index < -0.39 is 0 Å². The highest BCUT2D eigenvalue weighted by Gasteiger charge is 2.36. The molecule has 1 heteroatoms. The van der Waals surface area contributed by atoms with Crippen LogP contribution in [0.15, 0.2) is 24.5 Å². The highest BCUT2D eigenvalue weighted by molar-refractivity contribution is 5.20. The zero-order valence-corrected chi connectivity index (χ0v) is 5.34. The molecule has 1 aliphatic heterocycles. The van der Waals surface area contributed by atoms with E-state index in [0.717, 1.165) is 0 Å². The number of rotatable bonds is 1. The molecule has 2 aliphatic rings. The molecule has 0 aromatic rings. The number of epoxide rings is 1. The van der Waals surface area contributed by atoms with Crippen LogP contribution in [0.25, 0.3) is 0 Å². The molecule has 2 atom stereocenters. The molecule has 9 heavy (non-hydrogen) atoms. The minimum atomic E-state index is 0.501. The number of ether oxygens (including phenoxy) is 1. The third-order valence-corrected chi connectivity index (χ3v) is 1.98. The van der Waals surface area contributed by atoms with Crippen LogP contribution in [0.4, 0.5) is 0 Å². The fraction of sp³-hybridized carbons (Fsp3) is 0.500. The van der Waals surface area contributed by atoms with Gasteiger partial charge in [-0.25, -0.2) is 0 Å². The molecule has 0 radical (unpaired) electrons. The van der Waals surface area contributed by atoms with Crippen LogP contribution in [0.3, 0.4) is 0 Å². The normalized spacial score (nSPS) is 38.0. The van der Waals surface area contributed by atoms with E-state index in [0.29, 0.717) is 12.0 Å². The van der Waals surface area contributed by atoms with Gasteiger partial charge >= 0.3 is 0 Å².